The number of hydroxylamine groups is 1. The number of aliphatic carboxylic acids is 1. The Morgan fingerprint density at radius 3 is 2.48 bits per heavy atom. The van der Waals surface area contributed by atoms with Crippen molar-refractivity contribution in [3.05, 3.63) is 71.9 Å². The van der Waals surface area contributed by atoms with Gasteiger partial charge in [0.05, 0.1) is 13.2 Å². The molecular formula is C21H23N3O5. The topological polar surface area (TPSA) is 124 Å². The molecule has 5 N–H and O–H groups in total. The fourth-order valence-electron chi connectivity index (χ4n) is 2.97. The van der Waals surface area contributed by atoms with Gasteiger partial charge in [-0.15, -0.1) is 0 Å². The number of rotatable bonds is 10. The molecule has 0 saturated heterocycles. The van der Waals surface area contributed by atoms with Gasteiger partial charge in [-0.25, -0.2) is 4.79 Å². The van der Waals surface area contributed by atoms with Crippen LogP contribution in [0.15, 0.2) is 60.8 Å². The van der Waals surface area contributed by atoms with Crippen LogP contribution in [0.5, 0.6) is 0 Å². The molecule has 0 fully saturated rings. The van der Waals surface area contributed by atoms with E-state index in [0.29, 0.717) is 0 Å². The number of benzene rings is 2. The first-order valence-corrected chi connectivity index (χ1v) is 9.18. The average Bonchev–Trinajstić information content (AvgIpc) is 3.14. The second kappa shape index (κ2) is 9.83. The highest BCUT2D eigenvalue weighted by Crippen LogP contribution is 2.19. The maximum atomic E-state index is 12.7. The van der Waals surface area contributed by atoms with E-state index in [1.165, 1.54) is 0 Å². The van der Waals surface area contributed by atoms with Crippen LogP contribution in [-0.4, -0.2) is 45.8 Å². The number of amides is 1. The lowest BCUT2D eigenvalue weighted by Gasteiger charge is -2.20. The summed E-state index contributed by atoms with van der Waals surface area (Å²) in [6.07, 6.45) is 2.08. The molecule has 1 aromatic heterocycles. The largest absolute Gasteiger partial charge is 0.480 e. The van der Waals surface area contributed by atoms with Gasteiger partial charge in [-0.2, -0.15) is 5.48 Å². The van der Waals surface area contributed by atoms with Crippen molar-refractivity contribution in [1.82, 2.24) is 15.8 Å². The number of aliphatic hydroxyl groups excluding tert-OH is 1. The maximum absolute atomic E-state index is 12.7. The van der Waals surface area contributed by atoms with Crippen molar-refractivity contribution in [2.24, 2.45) is 0 Å². The van der Waals surface area contributed by atoms with Crippen molar-refractivity contribution in [3.8, 4) is 0 Å². The van der Waals surface area contributed by atoms with E-state index in [2.05, 4.69) is 15.8 Å². The van der Waals surface area contributed by atoms with Gasteiger partial charge in [-0.05, 0) is 17.2 Å². The Morgan fingerprint density at radius 1 is 1.03 bits per heavy atom. The molecule has 0 spiro atoms. The number of aliphatic hydroxyl groups is 1. The fraction of sp³-hybridized carbons (Fsp3) is 0.238. The first-order chi connectivity index (χ1) is 14.1. The molecule has 1 amide bonds. The molecule has 0 aliphatic heterocycles. The van der Waals surface area contributed by atoms with Crippen LogP contribution in [0.1, 0.15) is 11.1 Å². The summed E-state index contributed by atoms with van der Waals surface area (Å²) in [6, 6.07) is 14.9. The van der Waals surface area contributed by atoms with E-state index in [1.54, 1.807) is 0 Å². The molecule has 0 unspecified atom stereocenters. The van der Waals surface area contributed by atoms with Crippen molar-refractivity contribution in [1.29, 1.82) is 0 Å². The van der Waals surface area contributed by atoms with Crippen LogP contribution in [0.4, 0.5) is 0 Å². The number of hydrogen-bond acceptors (Lipinski definition) is 5. The van der Waals surface area contributed by atoms with Gasteiger partial charge in [0, 0.05) is 23.5 Å². The highest BCUT2D eigenvalue weighted by Gasteiger charge is 2.26. The number of aromatic nitrogens is 1. The van der Waals surface area contributed by atoms with Crippen LogP contribution in [0, 0.1) is 0 Å². The van der Waals surface area contributed by atoms with Crippen LogP contribution in [0.3, 0.4) is 0 Å². The van der Waals surface area contributed by atoms with E-state index in [4.69, 9.17) is 9.94 Å². The number of carboxylic acids is 1. The van der Waals surface area contributed by atoms with E-state index in [1.807, 2.05) is 60.8 Å². The Balaban J connectivity index is 1.72. The number of para-hydroxylation sites is 1. The van der Waals surface area contributed by atoms with E-state index in [0.717, 1.165) is 22.0 Å². The minimum absolute atomic E-state index is 0.237. The molecule has 8 nitrogen and oxygen atoms in total. The molecule has 0 aliphatic carbocycles. The van der Waals surface area contributed by atoms with Crippen molar-refractivity contribution < 1.29 is 24.6 Å². The van der Waals surface area contributed by atoms with Gasteiger partial charge < -0.3 is 20.5 Å². The number of H-pyrrole nitrogens is 1. The number of carbonyl (C=O) groups excluding carboxylic acids is 1. The van der Waals surface area contributed by atoms with E-state index in [9.17, 15) is 14.7 Å². The second-order valence-corrected chi connectivity index (χ2v) is 6.59. The van der Waals surface area contributed by atoms with Crippen molar-refractivity contribution in [2.45, 2.75) is 25.1 Å². The van der Waals surface area contributed by atoms with Gasteiger partial charge in [-0.1, -0.05) is 48.5 Å². The van der Waals surface area contributed by atoms with Crippen molar-refractivity contribution >= 4 is 22.8 Å². The predicted molar refractivity (Wildman–Crippen MR) is 107 cm³/mol. The molecule has 2 atom stereocenters. The SMILES string of the molecule is O=C(O)[C@H](CO)NC(=O)[C@H](Cc1c[nH]c2ccccc12)NOCc1ccccc1. The first kappa shape index (κ1) is 20.5. The van der Waals surface area contributed by atoms with Crippen LogP contribution >= 0.6 is 0 Å². The van der Waals surface area contributed by atoms with Crippen LogP contribution in [-0.2, 0) is 27.5 Å². The third kappa shape index (κ3) is 5.41. The molecule has 3 rings (SSSR count). The van der Waals surface area contributed by atoms with E-state index < -0.39 is 30.6 Å². The van der Waals surface area contributed by atoms with Crippen LogP contribution in [0.25, 0.3) is 10.9 Å². The third-order valence-corrected chi connectivity index (χ3v) is 4.52. The van der Waals surface area contributed by atoms with Crippen LogP contribution in [0.2, 0.25) is 0 Å². The molecule has 1 heterocycles. The minimum atomic E-state index is -1.39. The Morgan fingerprint density at radius 2 is 1.76 bits per heavy atom. The molecule has 0 aliphatic rings. The zero-order valence-electron chi connectivity index (χ0n) is 15.7. The maximum Gasteiger partial charge on any atom is 0.328 e. The highest BCUT2D eigenvalue weighted by atomic mass is 16.6. The lowest BCUT2D eigenvalue weighted by atomic mass is 10.0. The molecular weight excluding hydrogens is 374 g/mol. The van der Waals surface area contributed by atoms with Gasteiger partial charge in [0.1, 0.15) is 12.1 Å². The molecule has 3 aromatic rings. The molecule has 0 radical (unpaired) electrons. The average molecular weight is 397 g/mol. The lowest BCUT2D eigenvalue weighted by Crippen LogP contribution is -2.52. The summed E-state index contributed by atoms with van der Waals surface area (Å²) in [5, 5.41) is 21.6. The van der Waals surface area contributed by atoms with Gasteiger partial charge in [0.2, 0.25) is 5.91 Å². The van der Waals surface area contributed by atoms with Gasteiger partial charge in [0.15, 0.2) is 0 Å². The summed E-state index contributed by atoms with van der Waals surface area (Å²) in [4.78, 5) is 32.5. The van der Waals surface area contributed by atoms with E-state index >= 15 is 0 Å². The Hall–Kier alpha value is -3.20. The molecule has 152 valence electrons. The zero-order valence-corrected chi connectivity index (χ0v) is 15.7. The predicted octanol–water partition coefficient (Wildman–Crippen LogP) is 1.36. The summed E-state index contributed by atoms with van der Waals surface area (Å²) in [5.74, 6) is -1.89. The lowest BCUT2D eigenvalue weighted by molar-refractivity contribution is -0.144. The number of fused-ring (bicyclic) bond motifs is 1. The Kier molecular flexibility index (Phi) is 6.96. The number of carboxylic acid groups (broad SMARTS) is 1. The molecule has 0 bridgehead atoms. The fourth-order valence-corrected chi connectivity index (χ4v) is 2.97. The summed E-state index contributed by atoms with van der Waals surface area (Å²) in [6.45, 7) is -0.466. The number of carbonyl (C=O) groups is 2. The van der Waals surface area contributed by atoms with Gasteiger partial charge in [-0.3, -0.25) is 9.63 Å². The summed E-state index contributed by atoms with van der Waals surface area (Å²) in [7, 11) is 0. The standard InChI is InChI=1S/C21H23N3O5/c25-12-19(21(27)28)23-20(26)18(24-29-13-14-6-2-1-3-7-14)10-15-11-22-17-9-5-4-8-16(15)17/h1-9,11,18-19,22,24-25H,10,12-13H2,(H,23,26)(H,27,28)/t18-,19-/m0/s1. The summed E-state index contributed by atoms with van der Waals surface area (Å²) >= 11 is 0. The molecule has 8 heteroatoms. The summed E-state index contributed by atoms with van der Waals surface area (Å²) in [5.41, 5.74) is 5.48. The first-order valence-electron chi connectivity index (χ1n) is 9.18. The van der Waals surface area contributed by atoms with Crippen LogP contribution < -0.4 is 10.8 Å². The van der Waals surface area contributed by atoms with Gasteiger partial charge in [0.25, 0.3) is 0 Å². The Labute approximate surface area is 167 Å². The van der Waals surface area contributed by atoms with Crippen molar-refractivity contribution in [2.75, 3.05) is 6.61 Å². The number of nitrogens with one attached hydrogen (secondary N) is 3. The monoisotopic (exact) mass is 397 g/mol. The normalized spacial score (nSPS) is 13.1. The quantitative estimate of drug-likeness (QED) is 0.329. The summed E-state index contributed by atoms with van der Waals surface area (Å²) < 4.78 is 0. The Bertz CT molecular complexity index is 957. The molecule has 29 heavy (non-hydrogen) atoms. The van der Waals surface area contributed by atoms with E-state index in [-0.39, 0.29) is 13.0 Å². The number of hydrogen-bond donors (Lipinski definition) is 5. The van der Waals surface area contributed by atoms with Gasteiger partial charge >= 0.3 is 5.97 Å². The highest BCUT2D eigenvalue weighted by molar-refractivity contribution is 5.88. The molecule has 0 saturated carbocycles. The smallest absolute Gasteiger partial charge is 0.328 e. The van der Waals surface area contributed by atoms with Crippen molar-refractivity contribution in [3.63, 3.8) is 0 Å². The zero-order chi connectivity index (χ0) is 20.6. The number of aromatic amines is 1. The molecule has 2 aromatic carbocycles. The third-order valence-electron chi connectivity index (χ3n) is 4.52. The second-order valence-electron chi connectivity index (χ2n) is 6.59. The minimum Gasteiger partial charge on any atom is -0.480 e.